The number of nitrogens with one attached hydrogen (secondary N) is 1. The van der Waals surface area contributed by atoms with Gasteiger partial charge in [-0.1, -0.05) is 47.5 Å². The van der Waals surface area contributed by atoms with E-state index < -0.39 is 10.0 Å². The fraction of sp³-hybridized carbons (Fsp3) is 0.0526. The van der Waals surface area contributed by atoms with E-state index in [0.29, 0.717) is 26.9 Å². The summed E-state index contributed by atoms with van der Waals surface area (Å²) < 4.78 is 33.4. The molecule has 0 bridgehead atoms. The van der Waals surface area contributed by atoms with Crippen molar-refractivity contribution in [2.24, 2.45) is 0 Å². The van der Waals surface area contributed by atoms with Gasteiger partial charge in [0.15, 0.2) is 0 Å². The Morgan fingerprint density at radius 2 is 1.85 bits per heavy atom. The van der Waals surface area contributed by atoms with Crippen LogP contribution in [0.4, 0.5) is 5.69 Å². The lowest BCUT2D eigenvalue weighted by Gasteiger charge is -2.14. The Balaban J connectivity index is 2.10. The van der Waals surface area contributed by atoms with Gasteiger partial charge in [0.2, 0.25) is 0 Å². The number of para-hydroxylation sites is 1. The first-order chi connectivity index (χ1) is 12.4. The van der Waals surface area contributed by atoms with E-state index in [-0.39, 0.29) is 10.6 Å². The standard InChI is InChI=1S/C19H14Cl2NO3S/c1-25-18-10-7-13(16-12-14(20)8-9-17(16)21)11-19(18)26(23,24)22-15-5-3-2-4-6-15/h2-5,7-12,22H,1H3. The van der Waals surface area contributed by atoms with Crippen molar-refractivity contribution in [2.75, 3.05) is 11.8 Å². The molecule has 3 aromatic rings. The van der Waals surface area contributed by atoms with Crippen LogP contribution in [-0.4, -0.2) is 15.5 Å². The van der Waals surface area contributed by atoms with E-state index in [4.69, 9.17) is 27.9 Å². The second kappa shape index (κ2) is 7.58. The van der Waals surface area contributed by atoms with Crippen LogP contribution in [0.25, 0.3) is 11.1 Å². The molecular formula is C19H14Cl2NO3S. The Morgan fingerprint density at radius 3 is 2.54 bits per heavy atom. The van der Waals surface area contributed by atoms with E-state index in [1.54, 1.807) is 54.6 Å². The Morgan fingerprint density at radius 1 is 1.04 bits per heavy atom. The lowest BCUT2D eigenvalue weighted by Crippen LogP contribution is -2.14. The molecule has 1 N–H and O–H groups in total. The van der Waals surface area contributed by atoms with Gasteiger partial charge in [0, 0.05) is 21.7 Å². The predicted molar refractivity (Wildman–Crippen MR) is 105 cm³/mol. The molecule has 3 rings (SSSR count). The first-order valence-electron chi connectivity index (χ1n) is 7.54. The fourth-order valence-corrected chi connectivity index (χ4v) is 4.05. The Hall–Kier alpha value is -2.21. The molecule has 0 saturated carbocycles. The van der Waals surface area contributed by atoms with E-state index >= 15 is 0 Å². The molecule has 0 atom stereocenters. The molecule has 0 saturated heterocycles. The summed E-state index contributed by atoms with van der Waals surface area (Å²) in [5.74, 6) is 0.218. The Bertz CT molecular complexity index is 1040. The van der Waals surface area contributed by atoms with E-state index in [1.165, 1.54) is 13.2 Å². The van der Waals surface area contributed by atoms with Gasteiger partial charge < -0.3 is 4.74 Å². The van der Waals surface area contributed by atoms with Gasteiger partial charge in [-0.3, -0.25) is 4.72 Å². The van der Waals surface area contributed by atoms with Crippen molar-refractivity contribution in [1.29, 1.82) is 0 Å². The predicted octanol–water partition coefficient (Wildman–Crippen LogP) is 5.27. The summed E-state index contributed by atoms with van der Waals surface area (Å²) in [5, 5.41) is 0.967. The lowest BCUT2D eigenvalue weighted by molar-refractivity contribution is 0.403. The van der Waals surface area contributed by atoms with Gasteiger partial charge in [-0.25, -0.2) is 8.42 Å². The minimum atomic E-state index is -3.89. The molecule has 26 heavy (non-hydrogen) atoms. The third-order valence-electron chi connectivity index (χ3n) is 3.65. The summed E-state index contributed by atoms with van der Waals surface area (Å²) in [4.78, 5) is -0.00852. The van der Waals surface area contributed by atoms with Crippen molar-refractivity contribution < 1.29 is 13.2 Å². The number of sulfonamides is 1. The second-order valence-electron chi connectivity index (χ2n) is 5.37. The molecule has 0 aliphatic rings. The van der Waals surface area contributed by atoms with Crippen molar-refractivity contribution in [3.8, 4) is 16.9 Å². The SMILES string of the molecule is COc1ccc(-c2cc(Cl)ccc2Cl)cc1S(=O)(=O)Nc1[c]cccc1. The van der Waals surface area contributed by atoms with Gasteiger partial charge in [-0.15, -0.1) is 0 Å². The van der Waals surface area contributed by atoms with Crippen LogP contribution in [0.2, 0.25) is 10.0 Å². The van der Waals surface area contributed by atoms with E-state index in [0.717, 1.165) is 0 Å². The summed E-state index contributed by atoms with van der Waals surface area (Å²) in [5.41, 5.74) is 1.57. The van der Waals surface area contributed by atoms with Crippen molar-refractivity contribution in [1.82, 2.24) is 0 Å². The van der Waals surface area contributed by atoms with Gasteiger partial charge in [-0.2, -0.15) is 0 Å². The minimum Gasteiger partial charge on any atom is -0.495 e. The molecule has 0 amide bonds. The highest BCUT2D eigenvalue weighted by Gasteiger charge is 2.21. The zero-order chi connectivity index (χ0) is 18.7. The van der Waals surface area contributed by atoms with Crippen LogP contribution in [0.15, 0.2) is 65.6 Å². The van der Waals surface area contributed by atoms with E-state index in [1.807, 2.05) is 0 Å². The summed E-state index contributed by atoms with van der Waals surface area (Å²) in [6.45, 7) is 0. The normalized spacial score (nSPS) is 11.2. The monoisotopic (exact) mass is 406 g/mol. The highest BCUT2D eigenvalue weighted by Crippen LogP contribution is 2.35. The quantitative estimate of drug-likeness (QED) is 0.627. The molecule has 133 valence electrons. The lowest BCUT2D eigenvalue weighted by atomic mass is 10.1. The number of rotatable bonds is 5. The van der Waals surface area contributed by atoms with Gasteiger partial charge in [0.1, 0.15) is 10.6 Å². The molecular weight excluding hydrogens is 393 g/mol. The summed E-state index contributed by atoms with van der Waals surface area (Å²) >= 11 is 12.3. The van der Waals surface area contributed by atoms with E-state index in [9.17, 15) is 8.42 Å². The van der Waals surface area contributed by atoms with Crippen LogP contribution in [0.1, 0.15) is 0 Å². The average Bonchev–Trinajstić information content (AvgIpc) is 2.63. The summed E-state index contributed by atoms with van der Waals surface area (Å²) in [6.07, 6.45) is 0. The summed E-state index contributed by atoms with van der Waals surface area (Å²) in [6, 6.07) is 19.3. The number of methoxy groups -OCH3 is 1. The largest absolute Gasteiger partial charge is 0.495 e. The molecule has 0 spiro atoms. The highest BCUT2D eigenvalue weighted by atomic mass is 35.5. The van der Waals surface area contributed by atoms with Crippen molar-refractivity contribution in [3.05, 3.63) is 76.8 Å². The smallest absolute Gasteiger partial charge is 0.265 e. The molecule has 0 unspecified atom stereocenters. The molecule has 1 radical (unpaired) electrons. The van der Waals surface area contributed by atoms with Crippen LogP contribution in [0.3, 0.4) is 0 Å². The van der Waals surface area contributed by atoms with Crippen molar-refractivity contribution in [2.45, 2.75) is 4.90 Å². The highest BCUT2D eigenvalue weighted by molar-refractivity contribution is 7.92. The third-order valence-corrected chi connectivity index (χ3v) is 5.60. The van der Waals surface area contributed by atoms with Gasteiger partial charge in [0.05, 0.1) is 12.8 Å². The number of hydrogen-bond acceptors (Lipinski definition) is 3. The maximum Gasteiger partial charge on any atom is 0.265 e. The molecule has 0 aliphatic carbocycles. The molecule has 7 heteroatoms. The van der Waals surface area contributed by atoms with Crippen molar-refractivity contribution in [3.63, 3.8) is 0 Å². The van der Waals surface area contributed by atoms with Gasteiger partial charge in [0.25, 0.3) is 10.0 Å². The first kappa shape index (κ1) is 18.6. The molecule has 3 aromatic carbocycles. The van der Waals surface area contributed by atoms with Crippen LogP contribution in [0, 0.1) is 6.07 Å². The number of hydrogen-bond donors (Lipinski definition) is 1. The second-order valence-corrected chi connectivity index (χ2v) is 7.87. The van der Waals surface area contributed by atoms with Crippen LogP contribution in [-0.2, 0) is 10.0 Å². The first-order valence-corrected chi connectivity index (χ1v) is 9.77. The molecule has 0 aliphatic heterocycles. The van der Waals surface area contributed by atoms with Gasteiger partial charge >= 0.3 is 0 Å². The zero-order valence-corrected chi connectivity index (χ0v) is 16.0. The fourth-order valence-electron chi connectivity index (χ4n) is 2.43. The van der Waals surface area contributed by atoms with Crippen LogP contribution in [0.5, 0.6) is 5.75 Å². The maximum absolute atomic E-state index is 12.8. The summed E-state index contributed by atoms with van der Waals surface area (Å²) in [7, 11) is -2.48. The molecule has 0 heterocycles. The van der Waals surface area contributed by atoms with Crippen LogP contribution < -0.4 is 9.46 Å². The maximum atomic E-state index is 12.8. The van der Waals surface area contributed by atoms with Gasteiger partial charge in [-0.05, 0) is 42.0 Å². The number of halogens is 2. The molecule has 0 aromatic heterocycles. The molecule has 4 nitrogen and oxygen atoms in total. The van der Waals surface area contributed by atoms with E-state index in [2.05, 4.69) is 10.8 Å². The number of ether oxygens (including phenoxy) is 1. The topological polar surface area (TPSA) is 55.4 Å². The number of anilines is 1. The molecule has 0 fully saturated rings. The Kier molecular flexibility index (Phi) is 5.41. The Labute approximate surface area is 162 Å². The average molecular weight is 407 g/mol. The minimum absolute atomic E-state index is 0.00852. The zero-order valence-electron chi connectivity index (χ0n) is 13.7. The number of benzene rings is 3. The van der Waals surface area contributed by atoms with Crippen molar-refractivity contribution >= 4 is 38.9 Å². The third kappa shape index (κ3) is 3.96. The van der Waals surface area contributed by atoms with Crippen LogP contribution >= 0.6 is 23.2 Å².